The number of nitrogens with zero attached hydrogens (tertiary/aromatic N) is 3. The number of amides is 1. The van der Waals surface area contributed by atoms with Crippen LogP contribution in [0.25, 0.3) is 22.3 Å². The smallest absolute Gasteiger partial charge is 0.407 e. The molecule has 5 rings (SSSR count). The molecular weight excluding hydrogens is 415 g/mol. The number of nitrogens with one attached hydrogen (secondary N) is 1. The molecule has 0 spiro atoms. The van der Waals surface area contributed by atoms with Crippen LogP contribution in [0.2, 0.25) is 0 Å². The summed E-state index contributed by atoms with van der Waals surface area (Å²) in [6, 6.07) is 8.60. The molecule has 168 valence electrons. The molecule has 4 bridgehead atoms. The minimum Gasteiger partial charge on any atom is -0.488 e. The summed E-state index contributed by atoms with van der Waals surface area (Å²) in [5.41, 5.74) is 2.43. The summed E-state index contributed by atoms with van der Waals surface area (Å²) in [5.74, 6) is -0.324. The molecule has 2 aromatic heterocycles. The average Bonchev–Trinajstić information content (AvgIpc) is 3.16. The molecule has 1 saturated heterocycles. The first kappa shape index (κ1) is 20.7. The lowest BCUT2D eigenvalue weighted by atomic mass is 10.1. The Morgan fingerprint density at radius 2 is 2.12 bits per heavy atom. The number of halogens is 1. The van der Waals surface area contributed by atoms with Gasteiger partial charge < -0.3 is 19.5 Å². The van der Waals surface area contributed by atoms with E-state index in [2.05, 4.69) is 10.3 Å². The third-order valence-corrected chi connectivity index (χ3v) is 5.74. The van der Waals surface area contributed by atoms with E-state index in [-0.39, 0.29) is 24.7 Å². The molecule has 3 aromatic rings. The number of hydrogen-bond donors (Lipinski definition) is 1. The van der Waals surface area contributed by atoms with Crippen molar-refractivity contribution in [2.75, 3.05) is 13.2 Å². The zero-order chi connectivity index (χ0) is 22.1. The van der Waals surface area contributed by atoms with E-state index in [0.29, 0.717) is 42.2 Å². The van der Waals surface area contributed by atoms with Crippen LogP contribution in [-0.4, -0.2) is 40.1 Å². The van der Waals surface area contributed by atoms with Crippen LogP contribution in [0.1, 0.15) is 44.5 Å². The van der Waals surface area contributed by atoms with E-state index >= 15 is 4.39 Å². The number of hydrogen-bond acceptors (Lipinski definition) is 6. The molecule has 8 nitrogen and oxygen atoms in total. The van der Waals surface area contributed by atoms with Crippen molar-refractivity contribution >= 4 is 17.0 Å². The van der Waals surface area contributed by atoms with E-state index in [1.165, 1.54) is 6.07 Å². The molecule has 4 heterocycles. The Bertz CT molecular complexity index is 1140. The van der Waals surface area contributed by atoms with E-state index in [4.69, 9.17) is 19.3 Å². The van der Waals surface area contributed by atoms with Crippen LogP contribution in [0, 0.1) is 5.82 Å². The molecule has 2 atom stereocenters. The van der Waals surface area contributed by atoms with Crippen LogP contribution < -0.4 is 10.1 Å². The predicted molar refractivity (Wildman–Crippen MR) is 115 cm³/mol. The van der Waals surface area contributed by atoms with Gasteiger partial charge in [0, 0.05) is 31.0 Å². The first-order valence-electron chi connectivity index (χ1n) is 11.0. The van der Waals surface area contributed by atoms with Crippen molar-refractivity contribution in [3.8, 4) is 17.1 Å². The summed E-state index contributed by atoms with van der Waals surface area (Å²) in [4.78, 5) is 16.6. The number of carbonyl (C=O) groups excluding carboxylic acids is 1. The van der Waals surface area contributed by atoms with Crippen molar-refractivity contribution in [1.82, 2.24) is 20.1 Å². The number of aromatic nitrogens is 3. The maximum atomic E-state index is 15.1. The normalized spacial score (nSPS) is 21.9. The third-order valence-electron chi connectivity index (χ3n) is 5.74. The number of fused-ring (bicyclic) bond motifs is 4. The zero-order valence-electron chi connectivity index (χ0n) is 17.8. The SMILES string of the molecule is C[C@@H]1CCNC(=O)OCc2cccc(n2)-c2nn(C3CCCCO3)c3cc(F)c(cc23)O1. The Morgan fingerprint density at radius 1 is 1.22 bits per heavy atom. The quantitative estimate of drug-likeness (QED) is 0.606. The maximum Gasteiger partial charge on any atom is 0.407 e. The van der Waals surface area contributed by atoms with E-state index in [0.717, 1.165) is 24.6 Å². The summed E-state index contributed by atoms with van der Waals surface area (Å²) in [5, 5.41) is 8.21. The van der Waals surface area contributed by atoms with E-state index in [1.807, 2.05) is 19.1 Å². The van der Waals surface area contributed by atoms with Crippen molar-refractivity contribution in [1.29, 1.82) is 0 Å². The second-order valence-electron chi connectivity index (χ2n) is 8.15. The minimum absolute atomic E-state index is 0.0377. The van der Waals surface area contributed by atoms with Gasteiger partial charge in [-0.15, -0.1) is 0 Å². The number of carbonyl (C=O) groups is 1. The van der Waals surface area contributed by atoms with E-state index < -0.39 is 11.9 Å². The van der Waals surface area contributed by atoms with Crippen LogP contribution in [-0.2, 0) is 16.1 Å². The predicted octanol–water partition coefficient (Wildman–Crippen LogP) is 4.33. The minimum atomic E-state index is -0.535. The van der Waals surface area contributed by atoms with Gasteiger partial charge in [-0.25, -0.2) is 18.9 Å². The lowest BCUT2D eigenvalue weighted by molar-refractivity contribution is -0.0365. The van der Waals surface area contributed by atoms with Gasteiger partial charge in [0.2, 0.25) is 0 Å². The molecule has 1 N–H and O–H groups in total. The third kappa shape index (κ3) is 4.12. The molecule has 2 aliphatic rings. The molecule has 0 saturated carbocycles. The van der Waals surface area contributed by atoms with Gasteiger partial charge in [0.15, 0.2) is 17.8 Å². The van der Waals surface area contributed by atoms with Crippen LogP contribution in [0.15, 0.2) is 30.3 Å². The highest BCUT2D eigenvalue weighted by Gasteiger charge is 2.24. The number of alkyl carbamates (subject to hydrolysis) is 1. The van der Waals surface area contributed by atoms with Gasteiger partial charge >= 0.3 is 6.09 Å². The number of rotatable bonds is 1. The van der Waals surface area contributed by atoms with Gasteiger partial charge in [-0.2, -0.15) is 5.10 Å². The fourth-order valence-corrected chi connectivity index (χ4v) is 4.09. The maximum absolute atomic E-state index is 15.1. The molecule has 1 unspecified atom stereocenters. The van der Waals surface area contributed by atoms with E-state index in [1.54, 1.807) is 16.8 Å². The standard InChI is InChI=1S/C23H25FN4O4/c1-14-8-9-25-23(29)31-13-15-5-4-6-18(26-15)22-16-11-20(32-14)17(24)12-19(16)28(27-22)21-7-2-3-10-30-21/h4-6,11-12,14,21H,2-3,7-10,13H2,1H3,(H,25,29)/t14-,21?/m1/s1. The van der Waals surface area contributed by atoms with E-state index in [9.17, 15) is 4.79 Å². The molecule has 32 heavy (non-hydrogen) atoms. The largest absolute Gasteiger partial charge is 0.488 e. The van der Waals surface area contributed by atoms with Crippen molar-refractivity contribution < 1.29 is 23.4 Å². The van der Waals surface area contributed by atoms with Gasteiger partial charge in [0.1, 0.15) is 12.3 Å². The summed E-state index contributed by atoms with van der Waals surface area (Å²) in [7, 11) is 0. The number of pyridine rings is 1. The molecule has 2 aliphatic heterocycles. The first-order chi connectivity index (χ1) is 15.6. The highest BCUT2D eigenvalue weighted by atomic mass is 19.1. The molecular formula is C23H25FN4O4. The van der Waals surface area contributed by atoms with Gasteiger partial charge in [-0.05, 0) is 44.4 Å². The second kappa shape index (κ2) is 8.74. The van der Waals surface area contributed by atoms with Crippen molar-refractivity contribution in [2.24, 2.45) is 0 Å². The number of cyclic esters (lactones) is 1. The van der Waals surface area contributed by atoms with Crippen LogP contribution in [0.3, 0.4) is 0 Å². The monoisotopic (exact) mass is 440 g/mol. The Labute approximate surface area is 184 Å². The highest BCUT2D eigenvalue weighted by Crippen LogP contribution is 2.36. The van der Waals surface area contributed by atoms with Crippen LogP contribution >= 0.6 is 0 Å². The summed E-state index contributed by atoms with van der Waals surface area (Å²) in [6.07, 6.45) is 2.23. The Balaban J connectivity index is 1.66. The van der Waals surface area contributed by atoms with Crippen LogP contribution in [0.4, 0.5) is 9.18 Å². The molecule has 0 radical (unpaired) electrons. The molecule has 1 fully saturated rings. The van der Waals surface area contributed by atoms with Crippen molar-refractivity contribution in [3.05, 3.63) is 41.8 Å². The van der Waals surface area contributed by atoms with Crippen molar-refractivity contribution in [3.63, 3.8) is 0 Å². The molecule has 0 aliphatic carbocycles. The summed E-state index contributed by atoms with van der Waals surface area (Å²) >= 11 is 0. The van der Waals surface area contributed by atoms with Gasteiger partial charge in [-0.3, -0.25) is 0 Å². The van der Waals surface area contributed by atoms with Crippen molar-refractivity contribution in [2.45, 2.75) is 51.5 Å². The van der Waals surface area contributed by atoms with Crippen LogP contribution in [0.5, 0.6) is 5.75 Å². The van der Waals surface area contributed by atoms with Gasteiger partial charge in [0.25, 0.3) is 0 Å². The lowest BCUT2D eigenvalue weighted by Crippen LogP contribution is -2.28. The topological polar surface area (TPSA) is 87.5 Å². The Morgan fingerprint density at radius 3 is 2.97 bits per heavy atom. The number of benzene rings is 1. The molecule has 1 amide bonds. The first-order valence-corrected chi connectivity index (χ1v) is 11.0. The van der Waals surface area contributed by atoms with Gasteiger partial charge in [-0.1, -0.05) is 6.07 Å². The molecule has 1 aromatic carbocycles. The highest BCUT2D eigenvalue weighted by molar-refractivity contribution is 5.93. The Hall–Kier alpha value is -3.20. The summed E-state index contributed by atoms with van der Waals surface area (Å²) in [6.45, 7) is 2.87. The second-order valence-corrected chi connectivity index (χ2v) is 8.15. The average molecular weight is 440 g/mol. The zero-order valence-corrected chi connectivity index (χ0v) is 17.8. The summed E-state index contributed by atoms with van der Waals surface area (Å²) < 4.78 is 33.9. The Kier molecular flexibility index (Phi) is 5.65. The van der Waals surface area contributed by atoms with Gasteiger partial charge in [0.05, 0.1) is 23.0 Å². The molecule has 9 heteroatoms. The fourth-order valence-electron chi connectivity index (χ4n) is 4.09. The lowest BCUT2D eigenvalue weighted by Gasteiger charge is -2.23. The number of ether oxygens (including phenoxy) is 3. The fraction of sp³-hybridized carbons (Fsp3) is 0.435.